The van der Waals surface area contributed by atoms with Crippen LogP contribution >= 0.6 is 11.3 Å². The van der Waals surface area contributed by atoms with E-state index in [2.05, 4.69) is 15.6 Å². The van der Waals surface area contributed by atoms with Crippen molar-refractivity contribution in [2.45, 2.75) is 13.1 Å². The maximum atomic E-state index is 12.0. The Kier molecular flexibility index (Phi) is 4.50. The number of thiazole rings is 1. The number of anilines is 1. The van der Waals surface area contributed by atoms with E-state index in [1.165, 1.54) is 16.9 Å². The normalized spacial score (nSPS) is 10.4. The molecule has 5 nitrogen and oxygen atoms in total. The molecule has 0 aliphatic rings. The number of nitrogens with one attached hydrogen (secondary N) is 2. The molecule has 6 heteroatoms. The molecule has 3 aromatic rings. The van der Waals surface area contributed by atoms with Crippen LogP contribution in [0.3, 0.4) is 0 Å². The van der Waals surface area contributed by atoms with E-state index < -0.39 is 0 Å². The highest BCUT2D eigenvalue weighted by atomic mass is 32.1. The lowest BCUT2D eigenvalue weighted by Crippen LogP contribution is -2.22. The van der Waals surface area contributed by atoms with Crippen LogP contribution in [0.4, 0.5) is 5.13 Å². The summed E-state index contributed by atoms with van der Waals surface area (Å²) in [6, 6.07) is 13.6. The second-order valence-corrected chi connectivity index (χ2v) is 5.50. The average molecular weight is 313 g/mol. The summed E-state index contributed by atoms with van der Waals surface area (Å²) in [6.45, 7) is 1.04. The van der Waals surface area contributed by atoms with Gasteiger partial charge in [-0.1, -0.05) is 30.3 Å². The molecule has 0 saturated heterocycles. The lowest BCUT2D eigenvalue weighted by atomic mass is 10.2. The van der Waals surface area contributed by atoms with Crippen LogP contribution in [0.15, 0.2) is 58.5 Å². The molecule has 1 amide bonds. The van der Waals surface area contributed by atoms with Crippen molar-refractivity contribution in [3.05, 3.63) is 71.1 Å². The fraction of sp³-hybridized carbons (Fsp3) is 0.125. The fourth-order valence-electron chi connectivity index (χ4n) is 1.90. The van der Waals surface area contributed by atoms with Gasteiger partial charge in [-0.15, -0.1) is 11.3 Å². The predicted octanol–water partition coefficient (Wildman–Crippen LogP) is 3.28. The van der Waals surface area contributed by atoms with Gasteiger partial charge in [-0.2, -0.15) is 0 Å². The molecule has 0 spiro atoms. The number of aromatic nitrogens is 1. The molecule has 0 aliphatic carbocycles. The first-order valence-electron chi connectivity index (χ1n) is 6.85. The van der Waals surface area contributed by atoms with Crippen LogP contribution in [0.1, 0.15) is 21.8 Å². The summed E-state index contributed by atoms with van der Waals surface area (Å²) in [5.74, 6) is 0.506. The first-order chi connectivity index (χ1) is 10.8. The highest BCUT2D eigenvalue weighted by Crippen LogP contribution is 2.16. The second-order valence-electron chi connectivity index (χ2n) is 4.64. The van der Waals surface area contributed by atoms with Gasteiger partial charge in [-0.25, -0.2) is 4.98 Å². The van der Waals surface area contributed by atoms with Gasteiger partial charge in [0.15, 0.2) is 5.13 Å². The molecule has 2 aromatic heterocycles. The molecule has 1 aromatic carbocycles. The van der Waals surface area contributed by atoms with Crippen molar-refractivity contribution in [2.75, 3.05) is 5.32 Å². The van der Waals surface area contributed by atoms with E-state index in [4.69, 9.17) is 4.42 Å². The molecule has 0 aliphatic heterocycles. The number of hydrogen-bond acceptors (Lipinski definition) is 5. The molecule has 0 fully saturated rings. The number of nitrogens with zero attached hydrogens (tertiary/aromatic N) is 1. The monoisotopic (exact) mass is 313 g/mol. The van der Waals surface area contributed by atoms with Crippen molar-refractivity contribution < 1.29 is 9.21 Å². The van der Waals surface area contributed by atoms with Crippen molar-refractivity contribution in [2.24, 2.45) is 0 Å². The summed E-state index contributed by atoms with van der Waals surface area (Å²) >= 11 is 1.41. The van der Waals surface area contributed by atoms with Crippen LogP contribution in [0.5, 0.6) is 0 Å². The van der Waals surface area contributed by atoms with Crippen LogP contribution in [-0.2, 0) is 13.1 Å². The Morgan fingerprint density at radius 3 is 2.77 bits per heavy atom. The van der Waals surface area contributed by atoms with Gasteiger partial charge >= 0.3 is 0 Å². The van der Waals surface area contributed by atoms with Crippen LogP contribution in [0.2, 0.25) is 0 Å². The highest BCUT2D eigenvalue weighted by Gasteiger charge is 2.10. The smallest absolute Gasteiger partial charge is 0.271 e. The third-order valence-corrected chi connectivity index (χ3v) is 3.83. The predicted molar refractivity (Wildman–Crippen MR) is 85.8 cm³/mol. The van der Waals surface area contributed by atoms with Gasteiger partial charge in [0.1, 0.15) is 11.5 Å². The first kappa shape index (κ1) is 14.3. The molecule has 0 unspecified atom stereocenters. The number of carbonyl (C=O) groups is 1. The van der Waals surface area contributed by atoms with E-state index in [9.17, 15) is 4.79 Å². The number of rotatable bonds is 6. The number of hydrogen-bond donors (Lipinski definition) is 2. The summed E-state index contributed by atoms with van der Waals surface area (Å²) in [4.78, 5) is 16.3. The largest absolute Gasteiger partial charge is 0.467 e. The van der Waals surface area contributed by atoms with E-state index in [1.54, 1.807) is 17.7 Å². The molecule has 2 heterocycles. The quantitative estimate of drug-likeness (QED) is 0.733. The maximum absolute atomic E-state index is 12.0. The minimum atomic E-state index is -0.208. The van der Waals surface area contributed by atoms with E-state index in [-0.39, 0.29) is 5.91 Å². The van der Waals surface area contributed by atoms with Gasteiger partial charge in [0.2, 0.25) is 0 Å². The second kappa shape index (κ2) is 6.91. The van der Waals surface area contributed by atoms with Crippen LogP contribution in [0, 0.1) is 0 Å². The Morgan fingerprint density at radius 2 is 2.00 bits per heavy atom. The highest BCUT2D eigenvalue weighted by molar-refractivity contribution is 7.13. The zero-order valence-corrected chi connectivity index (χ0v) is 12.6. The summed E-state index contributed by atoms with van der Waals surface area (Å²) in [6.07, 6.45) is 1.58. The Bertz CT molecular complexity index is 723. The minimum Gasteiger partial charge on any atom is -0.467 e. The van der Waals surface area contributed by atoms with Gasteiger partial charge in [0.05, 0.1) is 12.8 Å². The molecule has 22 heavy (non-hydrogen) atoms. The third kappa shape index (κ3) is 3.73. The van der Waals surface area contributed by atoms with Crippen molar-refractivity contribution in [1.82, 2.24) is 10.3 Å². The summed E-state index contributed by atoms with van der Waals surface area (Å²) < 4.78 is 5.17. The van der Waals surface area contributed by atoms with E-state index in [1.807, 2.05) is 36.4 Å². The molecule has 0 saturated carbocycles. The molecule has 0 atom stereocenters. The molecule has 112 valence electrons. The van der Waals surface area contributed by atoms with Gasteiger partial charge < -0.3 is 15.1 Å². The summed E-state index contributed by atoms with van der Waals surface area (Å²) in [5.41, 5.74) is 1.58. The number of carbonyl (C=O) groups excluding carboxylic acids is 1. The Morgan fingerprint density at radius 1 is 1.14 bits per heavy atom. The van der Waals surface area contributed by atoms with E-state index >= 15 is 0 Å². The van der Waals surface area contributed by atoms with E-state index in [0.717, 1.165) is 5.13 Å². The lowest BCUT2D eigenvalue weighted by molar-refractivity contribution is 0.0944. The third-order valence-electron chi connectivity index (χ3n) is 3.03. The van der Waals surface area contributed by atoms with Gasteiger partial charge in [0, 0.05) is 11.9 Å². The molecule has 2 N–H and O–H groups in total. The molecular formula is C16H15N3O2S. The molecule has 0 bridgehead atoms. The van der Waals surface area contributed by atoms with Gasteiger partial charge in [-0.05, 0) is 17.7 Å². The molecule has 3 rings (SSSR count). The van der Waals surface area contributed by atoms with Crippen molar-refractivity contribution in [3.8, 4) is 0 Å². The van der Waals surface area contributed by atoms with Crippen molar-refractivity contribution in [3.63, 3.8) is 0 Å². The first-order valence-corrected chi connectivity index (χ1v) is 7.73. The minimum absolute atomic E-state index is 0.208. The summed E-state index contributed by atoms with van der Waals surface area (Å²) in [7, 11) is 0. The molecule has 0 radical (unpaired) electrons. The Balaban J connectivity index is 1.53. The van der Waals surface area contributed by atoms with E-state index in [0.29, 0.717) is 24.5 Å². The number of benzene rings is 1. The van der Waals surface area contributed by atoms with Crippen LogP contribution in [-0.4, -0.2) is 10.9 Å². The van der Waals surface area contributed by atoms with Crippen LogP contribution < -0.4 is 10.6 Å². The fourth-order valence-corrected chi connectivity index (χ4v) is 2.59. The number of furan rings is 1. The van der Waals surface area contributed by atoms with Crippen molar-refractivity contribution >= 4 is 22.4 Å². The topological polar surface area (TPSA) is 67.2 Å². The standard InChI is InChI=1S/C16H15N3O2S/c20-15(17-10-13-7-4-8-21-13)14-11-22-16(19-14)18-9-12-5-2-1-3-6-12/h1-8,11H,9-10H2,(H,17,20)(H,18,19). The zero-order chi connectivity index (χ0) is 15.2. The SMILES string of the molecule is O=C(NCc1ccco1)c1csc(NCc2ccccc2)n1. The maximum Gasteiger partial charge on any atom is 0.271 e. The van der Waals surface area contributed by atoms with Crippen LogP contribution in [0.25, 0.3) is 0 Å². The van der Waals surface area contributed by atoms with Gasteiger partial charge in [-0.3, -0.25) is 4.79 Å². The Hall–Kier alpha value is -2.60. The molecular weight excluding hydrogens is 298 g/mol. The average Bonchev–Trinajstić information content (AvgIpc) is 3.23. The number of amides is 1. The Labute approximate surface area is 132 Å². The lowest BCUT2D eigenvalue weighted by Gasteiger charge is -2.02. The van der Waals surface area contributed by atoms with Crippen molar-refractivity contribution in [1.29, 1.82) is 0 Å². The zero-order valence-electron chi connectivity index (χ0n) is 11.8. The van der Waals surface area contributed by atoms with Gasteiger partial charge in [0.25, 0.3) is 5.91 Å². The summed E-state index contributed by atoms with van der Waals surface area (Å²) in [5, 5.41) is 8.46.